The molecule has 0 bridgehead atoms. The van der Waals surface area contributed by atoms with Crippen LogP contribution in [0, 0.1) is 6.92 Å². The summed E-state index contributed by atoms with van der Waals surface area (Å²) in [6.45, 7) is 3.45. The molecule has 0 aliphatic carbocycles. The third kappa shape index (κ3) is 7.38. The van der Waals surface area contributed by atoms with Crippen LogP contribution in [0.4, 0.5) is 5.13 Å². The smallest absolute Gasteiger partial charge is 0.350 e. The molecule has 2 aromatic carbocycles. The van der Waals surface area contributed by atoms with Crippen LogP contribution in [-0.2, 0) is 32.0 Å². The molecule has 3 aromatic rings. The lowest BCUT2D eigenvalue weighted by Gasteiger charge is -2.20. The Morgan fingerprint density at radius 3 is 2.34 bits per heavy atom. The van der Waals surface area contributed by atoms with Crippen molar-refractivity contribution in [1.29, 1.82) is 0 Å². The molecule has 0 saturated heterocycles. The maximum atomic E-state index is 13.1. The highest BCUT2D eigenvalue weighted by Crippen LogP contribution is 2.28. The molecule has 0 N–H and O–H groups in total. The third-order valence-electron chi connectivity index (χ3n) is 5.10. The molecule has 8 nitrogen and oxygen atoms in total. The highest BCUT2D eigenvalue weighted by atomic mass is 32.1. The summed E-state index contributed by atoms with van der Waals surface area (Å²) in [5, 5.41) is 0.341. The molecular weight excluding hydrogens is 468 g/mol. The Morgan fingerprint density at radius 1 is 0.971 bits per heavy atom. The van der Waals surface area contributed by atoms with Gasteiger partial charge in [0.2, 0.25) is 0 Å². The summed E-state index contributed by atoms with van der Waals surface area (Å²) in [6, 6.07) is 16.8. The standard InChI is InChI=1S/C26H28N2O6S/c1-4-33-25(31)24-18(2)27-26(35-24)28(16-20-8-6-5-7-9-20)22(29)17-34-23(30)15-12-19-10-13-21(32-3)14-11-19/h5-11,13-14H,4,12,15-17H2,1-3H3. The van der Waals surface area contributed by atoms with Crippen molar-refractivity contribution >= 4 is 34.3 Å². The van der Waals surface area contributed by atoms with Crippen LogP contribution < -0.4 is 9.64 Å². The van der Waals surface area contributed by atoms with E-state index in [0.29, 0.717) is 22.1 Å². The van der Waals surface area contributed by atoms with Crippen LogP contribution in [0.2, 0.25) is 0 Å². The van der Waals surface area contributed by atoms with Crippen LogP contribution in [0.25, 0.3) is 0 Å². The summed E-state index contributed by atoms with van der Waals surface area (Å²) in [6.07, 6.45) is 0.626. The van der Waals surface area contributed by atoms with E-state index in [1.807, 2.05) is 54.6 Å². The van der Waals surface area contributed by atoms with Gasteiger partial charge in [0.1, 0.15) is 10.6 Å². The molecule has 1 amide bonds. The van der Waals surface area contributed by atoms with Gasteiger partial charge in [-0.25, -0.2) is 9.78 Å². The number of hydrogen-bond donors (Lipinski definition) is 0. The summed E-state index contributed by atoms with van der Waals surface area (Å²) in [4.78, 5) is 43.8. The van der Waals surface area contributed by atoms with Gasteiger partial charge in [0.05, 0.1) is 26.0 Å². The number of amides is 1. The van der Waals surface area contributed by atoms with Gasteiger partial charge in [0.15, 0.2) is 11.7 Å². The molecule has 1 aromatic heterocycles. The molecule has 0 spiro atoms. The van der Waals surface area contributed by atoms with Gasteiger partial charge in [-0.1, -0.05) is 53.8 Å². The Bertz CT molecular complexity index is 1140. The zero-order valence-electron chi connectivity index (χ0n) is 20.0. The van der Waals surface area contributed by atoms with Gasteiger partial charge < -0.3 is 14.2 Å². The number of carbonyl (C=O) groups excluding carboxylic acids is 3. The number of ether oxygens (including phenoxy) is 3. The molecule has 0 radical (unpaired) electrons. The Morgan fingerprint density at radius 2 is 1.69 bits per heavy atom. The predicted molar refractivity (Wildman–Crippen MR) is 133 cm³/mol. The van der Waals surface area contributed by atoms with Crippen LogP contribution in [0.3, 0.4) is 0 Å². The molecule has 0 saturated carbocycles. The summed E-state index contributed by atoms with van der Waals surface area (Å²) in [7, 11) is 1.59. The molecule has 0 aliphatic rings. The number of anilines is 1. The zero-order chi connectivity index (χ0) is 25.2. The Kier molecular flexibility index (Phi) is 9.37. The second-order valence-electron chi connectivity index (χ2n) is 7.61. The number of aryl methyl sites for hydroxylation is 2. The van der Waals surface area contributed by atoms with Crippen molar-refractivity contribution in [2.45, 2.75) is 33.2 Å². The minimum absolute atomic E-state index is 0.141. The second kappa shape index (κ2) is 12.7. The van der Waals surface area contributed by atoms with Crippen molar-refractivity contribution in [3.63, 3.8) is 0 Å². The monoisotopic (exact) mass is 496 g/mol. The lowest BCUT2D eigenvalue weighted by molar-refractivity contribution is -0.147. The van der Waals surface area contributed by atoms with Crippen LogP contribution in [0.5, 0.6) is 5.75 Å². The number of nitrogens with zero attached hydrogens (tertiary/aromatic N) is 2. The first-order valence-corrected chi connectivity index (χ1v) is 12.0. The highest BCUT2D eigenvalue weighted by molar-refractivity contribution is 7.17. The zero-order valence-corrected chi connectivity index (χ0v) is 20.8. The summed E-state index contributed by atoms with van der Waals surface area (Å²) in [5.74, 6) is -0.651. The van der Waals surface area contributed by atoms with Crippen molar-refractivity contribution in [3.05, 3.63) is 76.3 Å². The SMILES string of the molecule is CCOC(=O)c1sc(N(Cc2ccccc2)C(=O)COC(=O)CCc2ccc(OC)cc2)nc1C. The molecule has 184 valence electrons. The third-order valence-corrected chi connectivity index (χ3v) is 6.26. The fourth-order valence-electron chi connectivity index (χ4n) is 3.24. The summed E-state index contributed by atoms with van der Waals surface area (Å²) in [5.41, 5.74) is 2.31. The van der Waals surface area contributed by atoms with Gasteiger partial charge in [-0.15, -0.1) is 0 Å². The average molecular weight is 497 g/mol. The van der Waals surface area contributed by atoms with E-state index in [1.165, 1.54) is 4.90 Å². The van der Waals surface area contributed by atoms with Crippen LogP contribution in [0.1, 0.15) is 39.8 Å². The van der Waals surface area contributed by atoms with Gasteiger partial charge in [0.25, 0.3) is 5.91 Å². The van der Waals surface area contributed by atoms with E-state index in [1.54, 1.807) is 21.0 Å². The fraction of sp³-hybridized carbons (Fsp3) is 0.308. The first-order chi connectivity index (χ1) is 16.9. The van der Waals surface area contributed by atoms with E-state index in [4.69, 9.17) is 14.2 Å². The molecule has 9 heteroatoms. The minimum Gasteiger partial charge on any atom is -0.497 e. The molecule has 1 heterocycles. The van der Waals surface area contributed by atoms with Crippen molar-refractivity contribution in [2.75, 3.05) is 25.2 Å². The van der Waals surface area contributed by atoms with Crippen molar-refractivity contribution in [3.8, 4) is 5.75 Å². The van der Waals surface area contributed by atoms with Gasteiger partial charge in [-0.05, 0) is 43.5 Å². The van der Waals surface area contributed by atoms with Crippen LogP contribution in [-0.4, -0.2) is 43.2 Å². The van der Waals surface area contributed by atoms with Crippen LogP contribution >= 0.6 is 11.3 Å². The molecule has 0 aliphatic heterocycles. The number of aromatic nitrogens is 1. The van der Waals surface area contributed by atoms with Crippen molar-refractivity contribution in [2.24, 2.45) is 0 Å². The normalized spacial score (nSPS) is 10.5. The van der Waals surface area contributed by atoms with E-state index in [9.17, 15) is 14.4 Å². The maximum Gasteiger partial charge on any atom is 0.350 e. The minimum atomic E-state index is -0.481. The number of benzene rings is 2. The molecule has 35 heavy (non-hydrogen) atoms. The quantitative estimate of drug-likeness (QED) is 0.364. The van der Waals surface area contributed by atoms with E-state index in [-0.39, 0.29) is 19.6 Å². The molecule has 0 unspecified atom stereocenters. The van der Waals surface area contributed by atoms with Gasteiger partial charge in [0, 0.05) is 6.42 Å². The number of carbonyl (C=O) groups is 3. The van der Waals surface area contributed by atoms with Gasteiger partial charge in [-0.2, -0.15) is 0 Å². The first kappa shape index (κ1) is 25.9. The number of rotatable bonds is 11. The van der Waals surface area contributed by atoms with E-state index < -0.39 is 24.5 Å². The topological polar surface area (TPSA) is 95.0 Å². The fourth-order valence-corrected chi connectivity index (χ4v) is 4.22. The largest absolute Gasteiger partial charge is 0.497 e. The first-order valence-electron chi connectivity index (χ1n) is 11.2. The van der Waals surface area contributed by atoms with E-state index in [0.717, 1.165) is 28.2 Å². The highest BCUT2D eigenvalue weighted by Gasteiger charge is 2.25. The summed E-state index contributed by atoms with van der Waals surface area (Å²) < 4.78 is 15.5. The lowest BCUT2D eigenvalue weighted by atomic mass is 10.1. The predicted octanol–water partition coefficient (Wildman–Crippen LogP) is 4.35. The van der Waals surface area contributed by atoms with E-state index in [2.05, 4.69) is 4.98 Å². The number of hydrogen-bond acceptors (Lipinski definition) is 8. The van der Waals surface area contributed by atoms with Crippen molar-refractivity contribution in [1.82, 2.24) is 4.98 Å². The van der Waals surface area contributed by atoms with E-state index >= 15 is 0 Å². The van der Waals surface area contributed by atoms with Crippen molar-refractivity contribution < 1.29 is 28.6 Å². The number of methoxy groups -OCH3 is 1. The van der Waals surface area contributed by atoms with Gasteiger partial charge >= 0.3 is 11.9 Å². The van der Waals surface area contributed by atoms with Crippen LogP contribution in [0.15, 0.2) is 54.6 Å². The average Bonchev–Trinajstić information content (AvgIpc) is 3.26. The Hall–Kier alpha value is -3.72. The maximum absolute atomic E-state index is 13.1. The number of thiazole rings is 1. The second-order valence-corrected chi connectivity index (χ2v) is 8.58. The van der Waals surface area contributed by atoms with Gasteiger partial charge in [-0.3, -0.25) is 14.5 Å². The summed E-state index contributed by atoms with van der Waals surface area (Å²) >= 11 is 1.08. The molecule has 0 fully saturated rings. The Labute approximate surface area is 208 Å². The lowest BCUT2D eigenvalue weighted by Crippen LogP contribution is -2.34. The molecular formula is C26H28N2O6S. The number of esters is 2. The molecule has 0 atom stereocenters. The Balaban J connectivity index is 1.66. The molecule has 3 rings (SSSR count).